The molecule has 1 saturated carbocycles. The molecular weight excluding hydrogens is 197 g/mol. The SMILES string of the molecule is NC(=O)NC1CCCC(C(F)(F)F)C1. The minimum atomic E-state index is -4.15. The molecule has 3 N–H and O–H groups in total. The first-order valence-electron chi connectivity index (χ1n) is 4.52. The van der Waals surface area contributed by atoms with Crippen LogP contribution in [0.2, 0.25) is 0 Å². The molecule has 0 bridgehead atoms. The fraction of sp³-hybridized carbons (Fsp3) is 0.875. The summed E-state index contributed by atoms with van der Waals surface area (Å²) < 4.78 is 36.9. The Bertz CT molecular complexity index is 217. The Labute approximate surface area is 79.8 Å². The van der Waals surface area contributed by atoms with Gasteiger partial charge >= 0.3 is 12.2 Å². The predicted molar refractivity (Wildman–Crippen MR) is 44.5 cm³/mol. The molecule has 0 aromatic heterocycles. The number of primary amides is 1. The number of nitrogens with two attached hydrogens (primary N) is 1. The van der Waals surface area contributed by atoms with E-state index in [4.69, 9.17) is 5.73 Å². The lowest BCUT2D eigenvalue weighted by molar-refractivity contribution is -0.183. The van der Waals surface area contributed by atoms with Gasteiger partial charge in [-0.05, 0) is 19.3 Å². The number of hydrogen-bond donors (Lipinski definition) is 2. The number of alkyl halides is 3. The highest BCUT2D eigenvalue weighted by atomic mass is 19.4. The highest BCUT2D eigenvalue weighted by molar-refractivity contribution is 5.71. The van der Waals surface area contributed by atoms with Gasteiger partial charge in [0.15, 0.2) is 0 Å². The van der Waals surface area contributed by atoms with E-state index in [-0.39, 0.29) is 12.8 Å². The standard InChI is InChI=1S/C8H13F3N2O/c9-8(10,11)5-2-1-3-6(4-5)13-7(12)14/h5-6H,1-4H2,(H3,12,13,14). The summed E-state index contributed by atoms with van der Waals surface area (Å²) in [5, 5.41) is 2.32. The number of halogens is 3. The summed E-state index contributed by atoms with van der Waals surface area (Å²) in [5.41, 5.74) is 4.85. The Balaban J connectivity index is 2.48. The normalized spacial score (nSPS) is 28.5. The van der Waals surface area contributed by atoms with Gasteiger partial charge in [-0.25, -0.2) is 4.79 Å². The fourth-order valence-corrected chi connectivity index (χ4v) is 1.82. The molecule has 2 unspecified atom stereocenters. The van der Waals surface area contributed by atoms with Crippen LogP contribution in [0.1, 0.15) is 25.7 Å². The third-order valence-electron chi connectivity index (χ3n) is 2.48. The van der Waals surface area contributed by atoms with Crippen molar-refractivity contribution in [3.63, 3.8) is 0 Å². The Hall–Kier alpha value is -0.940. The average molecular weight is 210 g/mol. The maximum absolute atomic E-state index is 12.3. The number of carbonyl (C=O) groups excluding carboxylic acids is 1. The topological polar surface area (TPSA) is 55.1 Å². The molecule has 0 aliphatic heterocycles. The van der Waals surface area contributed by atoms with Crippen molar-refractivity contribution < 1.29 is 18.0 Å². The summed E-state index contributed by atoms with van der Waals surface area (Å²) in [6, 6.07) is -1.18. The molecule has 1 rings (SSSR count). The largest absolute Gasteiger partial charge is 0.391 e. The number of nitrogens with one attached hydrogen (secondary N) is 1. The van der Waals surface area contributed by atoms with E-state index in [1.807, 2.05) is 0 Å². The summed E-state index contributed by atoms with van der Waals surface area (Å²) in [7, 11) is 0. The van der Waals surface area contributed by atoms with Gasteiger partial charge in [0.2, 0.25) is 0 Å². The summed E-state index contributed by atoms with van der Waals surface area (Å²) in [6.45, 7) is 0. The molecule has 14 heavy (non-hydrogen) atoms. The van der Waals surface area contributed by atoms with Crippen LogP contribution in [0.4, 0.5) is 18.0 Å². The zero-order chi connectivity index (χ0) is 10.8. The van der Waals surface area contributed by atoms with E-state index in [1.54, 1.807) is 0 Å². The van der Waals surface area contributed by atoms with Crippen molar-refractivity contribution in [1.82, 2.24) is 5.32 Å². The van der Waals surface area contributed by atoms with Crippen LogP contribution in [0, 0.1) is 5.92 Å². The van der Waals surface area contributed by atoms with Gasteiger partial charge in [0.1, 0.15) is 0 Å². The Morgan fingerprint density at radius 2 is 2.00 bits per heavy atom. The highest BCUT2D eigenvalue weighted by Crippen LogP contribution is 2.37. The van der Waals surface area contributed by atoms with Gasteiger partial charge in [0, 0.05) is 6.04 Å². The van der Waals surface area contributed by atoms with Crippen molar-refractivity contribution in [3.05, 3.63) is 0 Å². The molecule has 82 valence electrons. The Kier molecular flexibility index (Phi) is 3.23. The number of carbonyl (C=O) groups is 1. The van der Waals surface area contributed by atoms with E-state index in [1.165, 1.54) is 0 Å². The van der Waals surface area contributed by atoms with Crippen molar-refractivity contribution >= 4 is 6.03 Å². The smallest absolute Gasteiger partial charge is 0.352 e. The Morgan fingerprint density at radius 3 is 2.50 bits per heavy atom. The second-order valence-electron chi connectivity index (χ2n) is 3.61. The van der Waals surface area contributed by atoms with Crippen molar-refractivity contribution in [3.8, 4) is 0 Å². The van der Waals surface area contributed by atoms with Crippen LogP contribution in [0.3, 0.4) is 0 Å². The maximum Gasteiger partial charge on any atom is 0.391 e. The minimum absolute atomic E-state index is 0.0492. The summed E-state index contributed by atoms with van der Waals surface area (Å²) in [6.07, 6.45) is -2.99. The van der Waals surface area contributed by atoms with Crippen LogP contribution < -0.4 is 11.1 Å². The highest BCUT2D eigenvalue weighted by Gasteiger charge is 2.42. The number of hydrogen-bond acceptors (Lipinski definition) is 1. The first-order chi connectivity index (χ1) is 6.39. The van der Waals surface area contributed by atoms with Gasteiger partial charge in [-0.1, -0.05) is 6.42 Å². The molecule has 0 spiro atoms. The molecule has 0 saturated heterocycles. The molecule has 2 atom stereocenters. The summed E-state index contributed by atoms with van der Waals surface area (Å²) >= 11 is 0. The lowest BCUT2D eigenvalue weighted by atomic mass is 9.85. The predicted octanol–water partition coefficient (Wildman–Crippen LogP) is 1.78. The average Bonchev–Trinajstić information content (AvgIpc) is 2.01. The van der Waals surface area contributed by atoms with Gasteiger partial charge in [0.25, 0.3) is 0 Å². The van der Waals surface area contributed by atoms with E-state index in [9.17, 15) is 18.0 Å². The van der Waals surface area contributed by atoms with Crippen molar-refractivity contribution in [2.75, 3.05) is 0 Å². The first-order valence-corrected chi connectivity index (χ1v) is 4.52. The second kappa shape index (κ2) is 4.06. The van der Waals surface area contributed by atoms with Crippen LogP contribution in [-0.2, 0) is 0 Å². The van der Waals surface area contributed by atoms with Gasteiger partial charge in [0.05, 0.1) is 5.92 Å². The maximum atomic E-state index is 12.3. The molecule has 0 aromatic carbocycles. The van der Waals surface area contributed by atoms with Crippen LogP contribution in [-0.4, -0.2) is 18.2 Å². The molecule has 1 aliphatic carbocycles. The van der Waals surface area contributed by atoms with Crippen LogP contribution >= 0.6 is 0 Å². The van der Waals surface area contributed by atoms with Crippen LogP contribution in [0.5, 0.6) is 0 Å². The van der Waals surface area contributed by atoms with E-state index >= 15 is 0 Å². The minimum Gasteiger partial charge on any atom is -0.352 e. The van der Waals surface area contributed by atoms with Crippen molar-refractivity contribution in [2.24, 2.45) is 11.7 Å². The van der Waals surface area contributed by atoms with Crippen LogP contribution in [0.15, 0.2) is 0 Å². The number of rotatable bonds is 1. The zero-order valence-electron chi connectivity index (χ0n) is 7.60. The van der Waals surface area contributed by atoms with Crippen molar-refractivity contribution in [2.45, 2.75) is 37.9 Å². The zero-order valence-corrected chi connectivity index (χ0v) is 7.60. The van der Waals surface area contributed by atoms with Gasteiger partial charge in [-0.3, -0.25) is 0 Å². The molecule has 0 aromatic rings. The second-order valence-corrected chi connectivity index (χ2v) is 3.61. The number of urea groups is 1. The quantitative estimate of drug-likeness (QED) is 0.681. The van der Waals surface area contributed by atoms with E-state index in [0.717, 1.165) is 0 Å². The van der Waals surface area contributed by atoms with Gasteiger partial charge in [-0.15, -0.1) is 0 Å². The van der Waals surface area contributed by atoms with E-state index < -0.39 is 24.2 Å². The van der Waals surface area contributed by atoms with E-state index in [2.05, 4.69) is 5.32 Å². The third-order valence-corrected chi connectivity index (χ3v) is 2.48. The van der Waals surface area contributed by atoms with Crippen molar-refractivity contribution in [1.29, 1.82) is 0 Å². The lowest BCUT2D eigenvalue weighted by Crippen LogP contribution is -2.43. The van der Waals surface area contributed by atoms with Crippen LogP contribution in [0.25, 0.3) is 0 Å². The monoisotopic (exact) mass is 210 g/mol. The fourth-order valence-electron chi connectivity index (χ4n) is 1.82. The Morgan fingerprint density at radius 1 is 1.36 bits per heavy atom. The molecule has 1 aliphatic rings. The van der Waals surface area contributed by atoms with Gasteiger partial charge < -0.3 is 11.1 Å². The number of amides is 2. The molecule has 0 radical (unpaired) electrons. The molecule has 6 heteroatoms. The third kappa shape index (κ3) is 3.08. The van der Waals surface area contributed by atoms with Gasteiger partial charge in [-0.2, -0.15) is 13.2 Å². The molecular formula is C8H13F3N2O. The summed E-state index contributed by atoms with van der Waals surface area (Å²) in [5.74, 6) is -1.30. The molecule has 1 fully saturated rings. The first kappa shape index (κ1) is 11.1. The lowest BCUT2D eigenvalue weighted by Gasteiger charge is -2.30. The molecule has 3 nitrogen and oxygen atoms in total. The molecule has 2 amide bonds. The summed E-state index contributed by atoms with van der Waals surface area (Å²) in [4.78, 5) is 10.5. The molecule has 0 heterocycles. The van der Waals surface area contributed by atoms with E-state index in [0.29, 0.717) is 12.8 Å².